The number of rotatable bonds is 3. The van der Waals surface area contributed by atoms with E-state index in [1.807, 2.05) is 0 Å². The molecule has 1 aromatic heterocycles. The van der Waals surface area contributed by atoms with Crippen molar-refractivity contribution in [2.45, 2.75) is 0 Å². The second-order valence-electron chi connectivity index (χ2n) is 4.62. The predicted molar refractivity (Wildman–Crippen MR) is 76.4 cm³/mol. The van der Waals surface area contributed by atoms with Gasteiger partial charge in [0.2, 0.25) is 5.82 Å². The number of halogens is 2. The number of hydrogen-bond donors (Lipinski definition) is 0. The number of hydrogen-bond acceptors (Lipinski definition) is 5. The summed E-state index contributed by atoms with van der Waals surface area (Å²) in [5.74, 6) is -1.90. The third-order valence-corrected chi connectivity index (χ3v) is 3.13. The van der Waals surface area contributed by atoms with Gasteiger partial charge in [-0.3, -0.25) is 0 Å². The van der Waals surface area contributed by atoms with E-state index in [-0.39, 0.29) is 17.3 Å². The number of ether oxygens (including phenoxy) is 1. The number of nitrogens with zero attached hydrogens (tertiary/aromatic N) is 2. The maximum Gasteiger partial charge on any atom is 0.337 e. The molecule has 3 aromatic rings. The molecule has 0 spiro atoms. The summed E-state index contributed by atoms with van der Waals surface area (Å²) in [4.78, 5) is 15.6. The zero-order valence-corrected chi connectivity index (χ0v) is 11.9. The molecule has 23 heavy (non-hydrogen) atoms. The Morgan fingerprint density at radius 1 is 1.17 bits per heavy atom. The molecule has 0 atom stereocenters. The van der Waals surface area contributed by atoms with E-state index in [0.29, 0.717) is 11.1 Å². The first-order valence-corrected chi connectivity index (χ1v) is 6.56. The van der Waals surface area contributed by atoms with Crippen molar-refractivity contribution in [3.63, 3.8) is 0 Å². The summed E-state index contributed by atoms with van der Waals surface area (Å²) < 4.78 is 36.4. The normalized spacial score (nSPS) is 10.6. The summed E-state index contributed by atoms with van der Waals surface area (Å²) >= 11 is 0. The van der Waals surface area contributed by atoms with Gasteiger partial charge < -0.3 is 9.26 Å². The van der Waals surface area contributed by atoms with Crippen molar-refractivity contribution in [1.82, 2.24) is 10.1 Å². The molecule has 5 nitrogen and oxygen atoms in total. The first kappa shape index (κ1) is 14.8. The van der Waals surface area contributed by atoms with E-state index < -0.39 is 17.6 Å². The molecule has 0 saturated carbocycles. The van der Waals surface area contributed by atoms with Crippen LogP contribution in [-0.2, 0) is 4.74 Å². The topological polar surface area (TPSA) is 65.2 Å². The standard InChI is InChI=1S/C16H10F2N2O3/c1-22-16(21)10-4-2-3-9(7-10)15-19-14(20-23-15)12-6-5-11(17)8-13(12)18/h2-8H,1H3. The summed E-state index contributed by atoms with van der Waals surface area (Å²) in [5.41, 5.74) is 0.817. The van der Waals surface area contributed by atoms with Crippen LogP contribution in [0.5, 0.6) is 0 Å². The molecule has 0 N–H and O–H groups in total. The van der Waals surface area contributed by atoms with Gasteiger partial charge in [0.15, 0.2) is 0 Å². The highest BCUT2D eigenvalue weighted by Gasteiger charge is 2.16. The monoisotopic (exact) mass is 316 g/mol. The quantitative estimate of drug-likeness (QED) is 0.692. The average Bonchev–Trinajstić information content (AvgIpc) is 3.04. The van der Waals surface area contributed by atoms with Crippen molar-refractivity contribution in [1.29, 1.82) is 0 Å². The second-order valence-corrected chi connectivity index (χ2v) is 4.62. The van der Waals surface area contributed by atoms with Gasteiger partial charge in [0.05, 0.1) is 18.2 Å². The van der Waals surface area contributed by atoms with Gasteiger partial charge in [-0.15, -0.1) is 0 Å². The SMILES string of the molecule is COC(=O)c1cccc(-c2nc(-c3ccc(F)cc3F)no2)c1. The average molecular weight is 316 g/mol. The van der Waals surface area contributed by atoms with E-state index in [1.54, 1.807) is 18.2 Å². The minimum absolute atomic E-state index is 0.0130. The Balaban J connectivity index is 1.97. The van der Waals surface area contributed by atoms with Crippen LogP contribution in [0.1, 0.15) is 10.4 Å². The lowest BCUT2D eigenvalue weighted by Crippen LogP contribution is -2.00. The predicted octanol–water partition coefficient (Wildman–Crippen LogP) is 3.47. The molecule has 1 heterocycles. The number of esters is 1. The van der Waals surface area contributed by atoms with Crippen LogP contribution in [0.15, 0.2) is 47.0 Å². The van der Waals surface area contributed by atoms with Crippen molar-refractivity contribution in [2.75, 3.05) is 7.11 Å². The van der Waals surface area contributed by atoms with E-state index in [0.717, 1.165) is 12.1 Å². The smallest absolute Gasteiger partial charge is 0.337 e. The highest BCUT2D eigenvalue weighted by atomic mass is 19.1. The zero-order valence-electron chi connectivity index (χ0n) is 11.9. The number of carbonyl (C=O) groups is 1. The van der Waals surface area contributed by atoms with Gasteiger partial charge in [-0.25, -0.2) is 13.6 Å². The van der Waals surface area contributed by atoms with Crippen LogP contribution < -0.4 is 0 Å². The van der Waals surface area contributed by atoms with Crippen LogP contribution >= 0.6 is 0 Å². The second kappa shape index (κ2) is 5.96. The van der Waals surface area contributed by atoms with Gasteiger partial charge in [-0.05, 0) is 30.3 Å². The molecule has 0 aliphatic carbocycles. The molecule has 0 aliphatic heterocycles. The van der Waals surface area contributed by atoms with Crippen molar-refractivity contribution < 1.29 is 22.8 Å². The molecule has 0 saturated heterocycles. The highest BCUT2D eigenvalue weighted by Crippen LogP contribution is 2.25. The Bertz CT molecular complexity index is 877. The van der Waals surface area contributed by atoms with Crippen LogP contribution in [-0.4, -0.2) is 23.2 Å². The Labute approximate surface area is 129 Å². The van der Waals surface area contributed by atoms with Crippen molar-refractivity contribution in [3.05, 3.63) is 59.7 Å². The number of carbonyl (C=O) groups excluding carboxylic acids is 1. The fourth-order valence-electron chi connectivity index (χ4n) is 2.02. The molecule has 116 valence electrons. The van der Waals surface area contributed by atoms with Crippen LogP contribution in [0, 0.1) is 11.6 Å². The molecule has 7 heteroatoms. The Morgan fingerprint density at radius 3 is 2.74 bits per heavy atom. The van der Waals surface area contributed by atoms with E-state index in [4.69, 9.17) is 4.52 Å². The van der Waals surface area contributed by atoms with Gasteiger partial charge in [0, 0.05) is 11.6 Å². The summed E-state index contributed by atoms with van der Waals surface area (Å²) in [6, 6.07) is 9.45. The highest BCUT2D eigenvalue weighted by molar-refractivity contribution is 5.90. The summed E-state index contributed by atoms with van der Waals surface area (Å²) in [7, 11) is 1.27. The minimum Gasteiger partial charge on any atom is -0.465 e. The molecule has 0 fully saturated rings. The molecule has 0 unspecified atom stereocenters. The third kappa shape index (κ3) is 2.94. The van der Waals surface area contributed by atoms with E-state index in [9.17, 15) is 13.6 Å². The fraction of sp³-hybridized carbons (Fsp3) is 0.0625. The molecule has 0 aliphatic rings. The van der Waals surface area contributed by atoms with Crippen molar-refractivity contribution in [2.24, 2.45) is 0 Å². The maximum absolute atomic E-state index is 13.7. The molecule has 2 aromatic carbocycles. The Morgan fingerprint density at radius 2 is 2.00 bits per heavy atom. The first-order chi connectivity index (χ1) is 11.1. The molecule has 0 amide bonds. The molecular formula is C16H10F2N2O3. The molecule has 0 radical (unpaired) electrons. The molecule has 0 bridgehead atoms. The lowest BCUT2D eigenvalue weighted by atomic mass is 10.1. The maximum atomic E-state index is 13.7. The van der Waals surface area contributed by atoms with Crippen molar-refractivity contribution in [3.8, 4) is 22.8 Å². The summed E-state index contributed by atoms with van der Waals surface area (Å²) in [6.07, 6.45) is 0. The fourth-order valence-corrected chi connectivity index (χ4v) is 2.02. The molecule has 3 rings (SSSR count). The van der Waals surface area contributed by atoms with Gasteiger partial charge in [-0.1, -0.05) is 11.2 Å². The largest absolute Gasteiger partial charge is 0.465 e. The summed E-state index contributed by atoms with van der Waals surface area (Å²) in [6.45, 7) is 0. The van der Waals surface area contributed by atoms with E-state index in [2.05, 4.69) is 14.9 Å². The molecular weight excluding hydrogens is 306 g/mol. The van der Waals surface area contributed by atoms with Crippen LogP contribution in [0.2, 0.25) is 0 Å². The zero-order chi connectivity index (χ0) is 16.4. The lowest BCUT2D eigenvalue weighted by Gasteiger charge is -2.00. The van der Waals surface area contributed by atoms with Gasteiger partial charge >= 0.3 is 5.97 Å². The van der Waals surface area contributed by atoms with Crippen molar-refractivity contribution >= 4 is 5.97 Å². The van der Waals surface area contributed by atoms with Gasteiger partial charge in [-0.2, -0.15) is 4.98 Å². The minimum atomic E-state index is -0.791. The van der Waals surface area contributed by atoms with E-state index in [1.165, 1.54) is 19.2 Å². The van der Waals surface area contributed by atoms with E-state index >= 15 is 0 Å². The van der Waals surface area contributed by atoms with Crippen LogP contribution in [0.4, 0.5) is 8.78 Å². The Hall–Kier alpha value is -3.09. The number of methoxy groups -OCH3 is 1. The lowest BCUT2D eigenvalue weighted by molar-refractivity contribution is 0.0601. The van der Waals surface area contributed by atoms with Crippen LogP contribution in [0.3, 0.4) is 0 Å². The number of benzene rings is 2. The van der Waals surface area contributed by atoms with Gasteiger partial charge in [0.1, 0.15) is 11.6 Å². The van der Waals surface area contributed by atoms with Gasteiger partial charge in [0.25, 0.3) is 5.89 Å². The third-order valence-electron chi connectivity index (χ3n) is 3.13. The first-order valence-electron chi connectivity index (χ1n) is 6.56. The summed E-state index contributed by atoms with van der Waals surface area (Å²) in [5, 5.41) is 3.68. The number of aromatic nitrogens is 2. The Kier molecular flexibility index (Phi) is 3.84. The van der Waals surface area contributed by atoms with Crippen LogP contribution in [0.25, 0.3) is 22.8 Å².